The number of aliphatic hydroxyl groups excluding tert-OH is 1. The number of nitrogens with zero attached hydrogens (tertiary/aromatic N) is 1. The van der Waals surface area contributed by atoms with Crippen molar-refractivity contribution in [2.24, 2.45) is 0 Å². The van der Waals surface area contributed by atoms with E-state index >= 15 is 0 Å². The first-order valence-corrected chi connectivity index (χ1v) is 8.68. The SMILES string of the molecule is CC1C=C(C(=O)O)N2C(=O)C(NC(=O)C(O)c3cccs3)[C@H]2S1. The summed E-state index contributed by atoms with van der Waals surface area (Å²) in [5.74, 6) is -2.31. The molecule has 0 radical (unpaired) electrons. The average molecular weight is 354 g/mol. The lowest BCUT2D eigenvalue weighted by atomic mass is 10.0. The number of carboxylic acids is 1. The van der Waals surface area contributed by atoms with E-state index in [4.69, 9.17) is 0 Å². The number of carbonyl (C=O) groups is 3. The third kappa shape index (κ3) is 2.75. The third-order valence-corrected chi connectivity index (χ3v) is 5.88. The first kappa shape index (κ1) is 16.0. The summed E-state index contributed by atoms with van der Waals surface area (Å²) in [5, 5.41) is 22.9. The summed E-state index contributed by atoms with van der Waals surface area (Å²) in [6.45, 7) is 1.83. The van der Waals surface area contributed by atoms with Gasteiger partial charge in [-0.05, 0) is 24.4 Å². The fraction of sp³-hybridized carbons (Fsp3) is 0.357. The Labute approximate surface area is 140 Å². The maximum Gasteiger partial charge on any atom is 0.352 e. The van der Waals surface area contributed by atoms with Crippen molar-refractivity contribution in [3.8, 4) is 0 Å². The van der Waals surface area contributed by atoms with E-state index in [-0.39, 0.29) is 10.9 Å². The van der Waals surface area contributed by atoms with Crippen LogP contribution in [0, 0.1) is 0 Å². The van der Waals surface area contributed by atoms with Gasteiger partial charge < -0.3 is 15.5 Å². The summed E-state index contributed by atoms with van der Waals surface area (Å²) < 4.78 is 0. The second-order valence-corrected chi connectivity index (χ2v) is 7.68. The van der Waals surface area contributed by atoms with Gasteiger partial charge in [-0.3, -0.25) is 14.5 Å². The molecule has 3 rings (SSSR count). The van der Waals surface area contributed by atoms with Gasteiger partial charge in [-0.15, -0.1) is 23.1 Å². The average Bonchev–Trinajstić information content (AvgIpc) is 3.04. The molecule has 0 spiro atoms. The first-order chi connectivity index (χ1) is 10.9. The molecule has 3 N–H and O–H groups in total. The molecule has 3 heterocycles. The Morgan fingerprint density at radius 2 is 2.17 bits per heavy atom. The highest BCUT2D eigenvalue weighted by molar-refractivity contribution is 8.00. The summed E-state index contributed by atoms with van der Waals surface area (Å²) in [4.78, 5) is 37.2. The van der Waals surface area contributed by atoms with Crippen molar-refractivity contribution in [1.29, 1.82) is 0 Å². The number of amides is 2. The van der Waals surface area contributed by atoms with E-state index in [1.165, 1.54) is 34.1 Å². The number of thiophene rings is 1. The molecular weight excluding hydrogens is 340 g/mol. The minimum absolute atomic E-state index is 0.0597. The Kier molecular flexibility index (Phi) is 4.17. The second-order valence-electron chi connectivity index (χ2n) is 5.20. The van der Waals surface area contributed by atoms with Crippen molar-refractivity contribution >= 4 is 40.9 Å². The van der Waals surface area contributed by atoms with Gasteiger partial charge in [0.15, 0.2) is 6.10 Å². The molecule has 23 heavy (non-hydrogen) atoms. The number of aliphatic hydroxyl groups is 1. The molecule has 1 aromatic heterocycles. The van der Waals surface area contributed by atoms with Gasteiger partial charge in [-0.25, -0.2) is 4.79 Å². The smallest absolute Gasteiger partial charge is 0.352 e. The summed E-state index contributed by atoms with van der Waals surface area (Å²) >= 11 is 2.63. The van der Waals surface area contributed by atoms with Gasteiger partial charge in [0, 0.05) is 10.1 Å². The molecule has 9 heteroatoms. The van der Waals surface area contributed by atoms with Gasteiger partial charge >= 0.3 is 5.97 Å². The van der Waals surface area contributed by atoms with Crippen molar-refractivity contribution < 1.29 is 24.6 Å². The zero-order valence-corrected chi connectivity index (χ0v) is 13.6. The number of rotatable bonds is 4. The van der Waals surface area contributed by atoms with Gasteiger partial charge in [0.1, 0.15) is 17.1 Å². The van der Waals surface area contributed by atoms with E-state index in [9.17, 15) is 24.6 Å². The number of β-lactam (4-membered cyclic amide) rings is 1. The molecule has 0 aromatic carbocycles. The maximum absolute atomic E-state index is 12.2. The van der Waals surface area contributed by atoms with E-state index in [2.05, 4.69) is 5.32 Å². The molecule has 4 atom stereocenters. The van der Waals surface area contributed by atoms with Crippen LogP contribution in [0.15, 0.2) is 29.3 Å². The van der Waals surface area contributed by atoms with Crippen LogP contribution in [0.2, 0.25) is 0 Å². The van der Waals surface area contributed by atoms with Gasteiger partial charge in [0.25, 0.3) is 11.8 Å². The van der Waals surface area contributed by atoms with E-state index in [0.717, 1.165) is 0 Å². The molecular formula is C14H14N2O5S2. The predicted molar refractivity (Wildman–Crippen MR) is 84.6 cm³/mol. The molecule has 1 aromatic rings. The van der Waals surface area contributed by atoms with E-state index < -0.39 is 35.3 Å². The highest BCUT2D eigenvalue weighted by Crippen LogP contribution is 2.40. The van der Waals surface area contributed by atoms with Crippen LogP contribution in [-0.2, 0) is 14.4 Å². The zero-order valence-electron chi connectivity index (χ0n) is 12.0. The van der Waals surface area contributed by atoms with Crippen LogP contribution in [0.3, 0.4) is 0 Å². The Balaban J connectivity index is 1.72. The number of carboxylic acid groups (broad SMARTS) is 1. The highest BCUT2D eigenvalue weighted by atomic mass is 32.2. The highest BCUT2D eigenvalue weighted by Gasteiger charge is 2.54. The van der Waals surface area contributed by atoms with Crippen molar-refractivity contribution in [2.75, 3.05) is 0 Å². The fourth-order valence-corrected chi connectivity index (χ4v) is 4.57. The Bertz CT molecular complexity index is 687. The summed E-state index contributed by atoms with van der Waals surface area (Å²) in [6, 6.07) is 2.52. The monoisotopic (exact) mass is 354 g/mol. The number of thioether (sulfide) groups is 1. The Hall–Kier alpha value is -1.84. The van der Waals surface area contributed by atoms with Crippen LogP contribution < -0.4 is 5.32 Å². The molecule has 7 nitrogen and oxygen atoms in total. The zero-order chi connectivity index (χ0) is 16.7. The first-order valence-electron chi connectivity index (χ1n) is 6.85. The molecule has 0 bridgehead atoms. The fourth-order valence-electron chi connectivity index (χ4n) is 2.54. The largest absolute Gasteiger partial charge is 0.477 e. The number of carbonyl (C=O) groups excluding carboxylic acids is 2. The van der Waals surface area contributed by atoms with E-state index in [0.29, 0.717) is 4.88 Å². The molecule has 0 saturated carbocycles. The molecule has 122 valence electrons. The molecule has 1 fully saturated rings. The van der Waals surface area contributed by atoms with Crippen LogP contribution >= 0.6 is 23.1 Å². The van der Waals surface area contributed by atoms with Crippen molar-refractivity contribution in [3.63, 3.8) is 0 Å². The maximum atomic E-state index is 12.2. The standard InChI is InChI=1S/C14H14N2O5S2/c1-6-5-7(14(20)21)16-12(19)9(13(16)23-6)15-11(18)10(17)8-3-2-4-22-8/h2-6,9-10,13,17H,1H3,(H,15,18)(H,20,21)/t6?,9?,10?,13-/m1/s1. The third-order valence-electron chi connectivity index (χ3n) is 3.63. The van der Waals surface area contributed by atoms with Gasteiger partial charge in [-0.2, -0.15) is 0 Å². The van der Waals surface area contributed by atoms with Crippen LogP contribution in [-0.4, -0.2) is 49.6 Å². The Morgan fingerprint density at radius 1 is 1.43 bits per heavy atom. The predicted octanol–water partition coefficient (Wildman–Crippen LogP) is 0.538. The van der Waals surface area contributed by atoms with E-state index in [1.807, 2.05) is 6.92 Å². The molecule has 2 aliphatic rings. The van der Waals surface area contributed by atoms with Crippen molar-refractivity contribution in [2.45, 2.75) is 29.7 Å². The number of hydrogen-bond acceptors (Lipinski definition) is 6. The molecule has 2 aliphatic heterocycles. The van der Waals surface area contributed by atoms with Gasteiger partial charge in [0.05, 0.1) is 0 Å². The lowest BCUT2D eigenvalue weighted by molar-refractivity contribution is -0.151. The number of hydrogen-bond donors (Lipinski definition) is 3. The summed E-state index contributed by atoms with van der Waals surface area (Å²) in [7, 11) is 0. The summed E-state index contributed by atoms with van der Waals surface area (Å²) in [5.41, 5.74) is -0.0597. The summed E-state index contributed by atoms with van der Waals surface area (Å²) in [6.07, 6.45) is 0.178. The normalized spacial score (nSPS) is 27.6. The van der Waals surface area contributed by atoms with Crippen LogP contribution in [0.4, 0.5) is 0 Å². The Morgan fingerprint density at radius 3 is 2.78 bits per heavy atom. The molecule has 2 amide bonds. The number of fused-ring (bicyclic) bond motifs is 1. The molecule has 1 saturated heterocycles. The van der Waals surface area contributed by atoms with Gasteiger partial charge in [-0.1, -0.05) is 6.07 Å². The van der Waals surface area contributed by atoms with E-state index in [1.54, 1.807) is 17.5 Å². The molecule has 0 aliphatic carbocycles. The number of nitrogens with one attached hydrogen (secondary N) is 1. The molecule has 3 unspecified atom stereocenters. The second kappa shape index (κ2) is 5.99. The van der Waals surface area contributed by atoms with Crippen molar-refractivity contribution in [1.82, 2.24) is 10.2 Å². The topological polar surface area (TPSA) is 107 Å². The lowest BCUT2D eigenvalue weighted by Crippen LogP contribution is -2.70. The number of aliphatic carboxylic acids is 1. The quantitative estimate of drug-likeness (QED) is 0.681. The van der Waals surface area contributed by atoms with Crippen LogP contribution in [0.1, 0.15) is 17.9 Å². The van der Waals surface area contributed by atoms with Crippen LogP contribution in [0.5, 0.6) is 0 Å². The minimum atomic E-state index is -1.34. The van der Waals surface area contributed by atoms with Crippen molar-refractivity contribution in [3.05, 3.63) is 34.2 Å². The lowest BCUT2D eigenvalue weighted by Gasteiger charge is -2.49. The minimum Gasteiger partial charge on any atom is -0.477 e. The van der Waals surface area contributed by atoms with Crippen LogP contribution in [0.25, 0.3) is 0 Å². The van der Waals surface area contributed by atoms with Gasteiger partial charge in [0.2, 0.25) is 0 Å².